The molecule has 1 unspecified atom stereocenters. The molecule has 0 radical (unpaired) electrons. The molecule has 0 aromatic heterocycles. The molecule has 1 fully saturated rings. The van der Waals surface area contributed by atoms with Gasteiger partial charge in [0.2, 0.25) is 0 Å². The lowest BCUT2D eigenvalue weighted by molar-refractivity contribution is 0.0665. The molecular formula is C14H19BrO3. The Bertz CT molecular complexity index is 375. The Hall–Kier alpha value is -0.740. The fourth-order valence-corrected chi connectivity index (χ4v) is 2.49. The second-order valence-corrected chi connectivity index (χ2v) is 4.82. The first-order valence-corrected chi connectivity index (χ1v) is 7.52. The van der Waals surface area contributed by atoms with E-state index >= 15 is 0 Å². The van der Waals surface area contributed by atoms with E-state index in [1.54, 1.807) is 0 Å². The lowest BCUT2D eigenvalue weighted by atomic mass is 10.2. The third-order valence-electron chi connectivity index (χ3n) is 2.94. The molecule has 18 heavy (non-hydrogen) atoms. The standard InChI is InChI=1S/C14H19BrO3/c1-2-16-13-7-3-5-11(9-15)14(13)18-10-12-6-4-8-17-12/h3,5,7,12H,2,4,6,8-10H2,1H3. The van der Waals surface area contributed by atoms with Crippen molar-refractivity contribution in [2.24, 2.45) is 0 Å². The molecule has 1 heterocycles. The molecule has 100 valence electrons. The maximum Gasteiger partial charge on any atom is 0.165 e. The fourth-order valence-electron chi connectivity index (χ4n) is 2.05. The van der Waals surface area contributed by atoms with Crippen LogP contribution in [0.25, 0.3) is 0 Å². The summed E-state index contributed by atoms with van der Waals surface area (Å²) < 4.78 is 17.1. The van der Waals surface area contributed by atoms with Gasteiger partial charge in [0.1, 0.15) is 6.61 Å². The van der Waals surface area contributed by atoms with Gasteiger partial charge in [-0.1, -0.05) is 28.1 Å². The third-order valence-corrected chi connectivity index (χ3v) is 3.55. The van der Waals surface area contributed by atoms with Gasteiger partial charge in [-0.2, -0.15) is 0 Å². The van der Waals surface area contributed by atoms with Crippen LogP contribution in [0.3, 0.4) is 0 Å². The summed E-state index contributed by atoms with van der Waals surface area (Å²) >= 11 is 3.48. The molecule has 1 aliphatic heterocycles. The summed E-state index contributed by atoms with van der Waals surface area (Å²) in [5.74, 6) is 1.65. The Morgan fingerprint density at radius 1 is 1.39 bits per heavy atom. The highest BCUT2D eigenvalue weighted by atomic mass is 79.9. The average Bonchev–Trinajstić information content (AvgIpc) is 2.90. The molecule has 1 atom stereocenters. The van der Waals surface area contributed by atoms with E-state index in [4.69, 9.17) is 14.2 Å². The molecule has 1 saturated heterocycles. The Labute approximate surface area is 117 Å². The smallest absolute Gasteiger partial charge is 0.165 e. The number of rotatable bonds is 6. The van der Waals surface area contributed by atoms with Gasteiger partial charge in [-0.25, -0.2) is 0 Å². The van der Waals surface area contributed by atoms with Crippen LogP contribution in [-0.4, -0.2) is 25.9 Å². The Morgan fingerprint density at radius 3 is 2.94 bits per heavy atom. The van der Waals surface area contributed by atoms with E-state index in [1.165, 1.54) is 0 Å². The lowest BCUT2D eigenvalue weighted by Crippen LogP contribution is -2.17. The van der Waals surface area contributed by atoms with Crippen LogP contribution in [0.1, 0.15) is 25.3 Å². The second-order valence-electron chi connectivity index (χ2n) is 4.26. The molecule has 0 N–H and O–H groups in total. The van der Waals surface area contributed by atoms with Gasteiger partial charge >= 0.3 is 0 Å². The minimum Gasteiger partial charge on any atom is -0.490 e. The maximum absolute atomic E-state index is 5.92. The van der Waals surface area contributed by atoms with Crippen molar-refractivity contribution >= 4 is 15.9 Å². The zero-order chi connectivity index (χ0) is 12.8. The van der Waals surface area contributed by atoms with Crippen LogP contribution in [0.5, 0.6) is 11.5 Å². The normalized spacial score (nSPS) is 18.9. The van der Waals surface area contributed by atoms with Gasteiger partial charge in [0.25, 0.3) is 0 Å². The number of halogens is 1. The van der Waals surface area contributed by atoms with Crippen molar-refractivity contribution in [3.8, 4) is 11.5 Å². The zero-order valence-corrected chi connectivity index (χ0v) is 12.2. The number of para-hydroxylation sites is 1. The summed E-state index contributed by atoms with van der Waals surface area (Å²) in [4.78, 5) is 0. The van der Waals surface area contributed by atoms with Gasteiger partial charge in [0.05, 0.1) is 12.7 Å². The summed E-state index contributed by atoms with van der Waals surface area (Å²) in [5.41, 5.74) is 1.11. The van der Waals surface area contributed by atoms with Crippen LogP contribution in [0, 0.1) is 0 Å². The summed E-state index contributed by atoms with van der Waals surface area (Å²) in [5, 5.41) is 0.759. The molecule has 1 aromatic rings. The van der Waals surface area contributed by atoms with Crippen molar-refractivity contribution in [1.29, 1.82) is 0 Å². The average molecular weight is 315 g/mol. The summed E-state index contributed by atoms with van der Waals surface area (Å²) in [6, 6.07) is 5.98. The Morgan fingerprint density at radius 2 is 2.28 bits per heavy atom. The monoisotopic (exact) mass is 314 g/mol. The minimum atomic E-state index is 0.225. The predicted octanol–water partition coefficient (Wildman–Crippen LogP) is 3.54. The quantitative estimate of drug-likeness (QED) is 0.752. The molecule has 0 bridgehead atoms. The molecule has 4 heteroatoms. The highest BCUT2D eigenvalue weighted by Crippen LogP contribution is 2.33. The van der Waals surface area contributed by atoms with Gasteiger partial charge in [-0.05, 0) is 25.8 Å². The van der Waals surface area contributed by atoms with E-state index in [1.807, 2.05) is 25.1 Å². The number of hydrogen-bond donors (Lipinski definition) is 0. The van der Waals surface area contributed by atoms with Gasteiger partial charge in [0, 0.05) is 17.5 Å². The highest BCUT2D eigenvalue weighted by molar-refractivity contribution is 9.08. The lowest BCUT2D eigenvalue weighted by Gasteiger charge is -2.17. The second kappa shape index (κ2) is 7.00. The first-order valence-electron chi connectivity index (χ1n) is 6.40. The van der Waals surface area contributed by atoms with Crippen molar-refractivity contribution in [1.82, 2.24) is 0 Å². The molecule has 0 amide bonds. The highest BCUT2D eigenvalue weighted by Gasteiger charge is 2.18. The zero-order valence-electron chi connectivity index (χ0n) is 10.7. The van der Waals surface area contributed by atoms with E-state index < -0.39 is 0 Å². The van der Waals surface area contributed by atoms with Crippen molar-refractivity contribution in [2.75, 3.05) is 19.8 Å². The van der Waals surface area contributed by atoms with Crippen molar-refractivity contribution in [2.45, 2.75) is 31.2 Å². The van der Waals surface area contributed by atoms with Crippen LogP contribution in [0.4, 0.5) is 0 Å². The molecule has 0 saturated carbocycles. The minimum absolute atomic E-state index is 0.225. The summed E-state index contributed by atoms with van der Waals surface area (Å²) in [7, 11) is 0. The van der Waals surface area contributed by atoms with Crippen LogP contribution in [0.2, 0.25) is 0 Å². The molecule has 3 nitrogen and oxygen atoms in total. The maximum atomic E-state index is 5.92. The molecule has 0 aliphatic carbocycles. The summed E-state index contributed by atoms with van der Waals surface area (Å²) in [6.07, 6.45) is 2.44. The van der Waals surface area contributed by atoms with Crippen LogP contribution in [-0.2, 0) is 10.1 Å². The number of hydrogen-bond acceptors (Lipinski definition) is 3. The largest absolute Gasteiger partial charge is 0.490 e. The van der Waals surface area contributed by atoms with E-state index in [9.17, 15) is 0 Å². The number of alkyl halides is 1. The van der Waals surface area contributed by atoms with Crippen LogP contribution < -0.4 is 9.47 Å². The van der Waals surface area contributed by atoms with Crippen LogP contribution in [0.15, 0.2) is 18.2 Å². The summed E-state index contributed by atoms with van der Waals surface area (Å²) in [6.45, 7) is 4.07. The molecule has 2 rings (SSSR count). The van der Waals surface area contributed by atoms with E-state index in [0.717, 1.165) is 41.8 Å². The number of benzene rings is 1. The van der Waals surface area contributed by atoms with Crippen molar-refractivity contribution in [3.63, 3.8) is 0 Å². The van der Waals surface area contributed by atoms with Gasteiger partial charge in [0.15, 0.2) is 11.5 Å². The Kier molecular flexibility index (Phi) is 5.32. The third kappa shape index (κ3) is 3.39. The molecular weight excluding hydrogens is 296 g/mol. The molecule has 0 spiro atoms. The van der Waals surface area contributed by atoms with Gasteiger partial charge in [-0.15, -0.1) is 0 Å². The van der Waals surface area contributed by atoms with Crippen LogP contribution >= 0.6 is 15.9 Å². The van der Waals surface area contributed by atoms with Gasteiger partial charge < -0.3 is 14.2 Å². The van der Waals surface area contributed by atoms with Crippen molar-refractivity contribution in [3.05, 3.63) is 23.8 Å². The first kappa shape index (κ1) is 13.7. The molecule has 1 aliphatic rings. The van der Waals surface area contributed by atoms with E-state index in [0.29, 0.717) is 13.2 Å². The predicted molar refractivity (Wildman–Crippen MR) is 74.7 cm³/mol. The van der Waals surface area contributed by atoms with E-state index in [2.05, 4.69) is 15.9 Å². The van der Waals surface area contributed by atoms with E-state index in [-0.39, 0.29) is 6.10 Å². The first-order chi connectivity index (χ1) is 8.85. The number of ether oxygens (including phenoxy) is 3. The molecule has 1 aromatic carbocycles. The van der Waals surface area contributed by atoms with Gasteiger partial charge in [-0.3, -0.25) is 0 Å². The Balaban J connectivity index is 2.07. The fraction of sp³-hybridized carbons (Fsp3) is 0.571. The van der Waals surface area contributed by atoms with Crippen molar-refractivity contribution < 1.29 is 14.2 Å². The topological polar surface area (TPSA) is 27.7 Å². The SMILES string of the molecule is CCOc1cccc(CBr)c1OCC1CCCO1.